The van der Waals surface area contributed by atoms with Crippen LogP contribution in [0.15, 0.2) is 24.3 Å². The maximum atomic E-state index is 12.2. The lowest BCUT2D eigenvalue weighted by atomic mass is 10.2. The summed E-state index contributed by atoms with van der Waals surface area (Å²) in [6.07, 6.45) is 0. The van der Waals surface area contributed by atoms with Gasteiger partial charge < -0.3 is 5.32 Å². The van der Waals surface area contributed by atoms with Crippen molar-refractivity contribution in [3.63, 3.8) is 0 Å². The molecule has 0 atom stereocenters. The number of rotatable bonds is 6. The molecule has 0 aliphatic carbocycles. The van der Waals surface area contributed by atoms with Gasteiger partial charge in [0.1, 0.15) is 0 Å². The van der Waals surface area contributed by atoms with Crippen LogP contribution >= 0.6 is 11.8 Å². The Labute approximate surface area is 119 Å². The molecule has 3 nitrogen and oxygen atoms in total. The monoisotopic (exact) mass is 303 g/mol. The molecule has 7 heteroatoms. The molecule has 0 radical (unpaired) electrons. The zero-order valence-electron chi connectivity index (χ0n) is 11.1. The molecule has 2 rings (SSSR count). The summed E-state index contributed by atoms with van der Waals surface area (Å²) in [5, 5.41) is 8.60. The first kappa shape index (κ1) is 15.2. The minimum Gasteiger partial charge on any atom is -0.311 e. The third-order valence-corrected chi connectivity index (χ3v) is 3.56. The molecule has 0 saturated heterocycles. The van der Waals surface area contributed by atoms with E-state index in [1.54, 1.807) is 4.68 Å². The number of benzene rings is 1. The van der Waals surface area contributed by atoms with E-state index in [9.17, 15) is 13.2 Å². The highest BCUT2D eigenvalue weighted by Crippen LogP contribution is 2.30. The smallest absolute Gasteiger partial charge is 0.311 e. The number of hydrogen-bond donors (Lipinski definition) is 1. The number of para-hydroxylation sites is 1. The molecule has 1 aromatic heterocycles. The molecule has 2 aromatic rings. The third-order valence-electron chi connectivity index (χ3n) is 2.85. The van der Waals surface area contributed by atoms with Gasteiger partial charge in [0.25, 0.3) is 0 Å². The van der Waals surface area contributed by atoms with Crippen molar-refractivity contribution in [2.45, 2.75) is 25.5 Å². The molecule has 110 valence electrons. The topological polar surface area (TPSA) is 29.9 Å². The molecule has 0 aliphatic rings. The number of alkyl halides is 3. The first-order chi connectivity index (χ1) is 9.51. The summed E-state index contributed by atoms with van der Waals surface area (Å²) in [4.78, 5) is 0. The molecule has 0 amide bonds. The Morgan fingerprint density at radius 2 is 2.05 bits per heavy atom. The molecule has 0 spiro atoms. The van der Waals surface area contributed by atoms with E-state index in [1.807, 2.05) is 31.2 Å². The summed E-state index contributed by atoms with van der Waals surface area (Å²) in [5.41, 5.74) is -2.43. The number of halogens is 3. The Morgan fingerprint density at radius 1 is 1.30 bits per heavy atom. The van der Waals surface area contributed by atoms with E-state index in [0.29, 0.717) is 6.54 Å². The van der Waals surface area contributed by atoms with Gasteiger partial charge in [0.15, 0.2) is 0 Å². The molecule has 1 aromatic carbocycles. The average molecular weight is 303 g/mol. The third kappa shape index (κ3) is 3.89. The SMILES string of the molecule is CCNCc1nn(CCSC(F)(F)F)c2ccccc12. The van der Waals surface area contributed by atoms with E-state index < -0.39 is 5.51 Å². The summed E-state index contributed by atoms with van der Waals surface area (Å²) in [5.74, 6) is -0.0319. The Bertz CT molecular complexity index is 565. The zero-order valence-corrected chi connectivity index (χ0v) is 11.9. The van der Waals surface area contributed by atoms with Crippen molar-refractivity contribution in [1.82, 2.24) is 15.1 Å². The van der Waals surface area contributed by atoms with Crippen LogP contribution in [0, 0.1) is 0 Å². The van der Waals surface area contributed by atoms with Crippen molar-refractivity contribution in [1.29, 1.82) is 0 Å². The summed E-state index contributed by atoms with van der Waals surface area (Å²) in [6.45, 7) is 3.69. The maximum Gasteiger partial charge on any atom is 0.441 e. The van der Waals surface area contributed by atoms with Crippen LogP contribution in [0.4, 0.5) is 13.2 Å². The molecule has 20 heavy (non-hydrogen) atoms. The largest absolute Gasteiger partial charge is 0.441 e. The van der Waals surface area contributed by atoms with Crippen molar-refractivity contribution in [3.05, 3.63) is 30.0 Å². The van der Waals surface area contributed by atoms with Gasteiger partial charge in [-0.25, -0.2) is 0 Å². The van der Waals surface area contributed by atoms with E-state index in [-0.39, 0.29) is 24.1 Å². The van der Waals surface area contributed by atoms with Crippen molar-refractivity contribution in [2.75, 3.05) is 12.3 Å². The fraction of sp³-hybridized carbons (Fsp3) is 0.462. The molecular weight excluding hydrogens is 287 g/mol. The normalized spacial score (nSPS) is 12.2. The lowest BCUT2D eigenvalue weighted by Crippen LogP contribution is -2.13. The van der Waals surface area contributed by atoms with Crippen LogP contribution in [0.5, 0.6) is 0 Å². The van der Waals surface area contributed by atoms with Crippen LogP contribution in [-0.2, 0) is 13.1 Å². The number of fused-ring (bicyclic) bond motifs is 1. The fourth-order valence-electron chi connectivity index (χ4n) is 1.99. The quantitative estimate of drug-likeness (QED) is 0.887. The maximum absolute atomic E-state index is 12.2. The number of thioether (sulfide) groups is 1. The van der Waals surface area contributed by atoms with Gasteiger partial charge in [-0.3, -0.25) is 4.68 Å². The van der Waals surface area contributed by atoms with E-state index in [2.05, 4.69) is 10.4 Å². The molecule has 0 aliphatic heterocycles. The van der Waals surface area contributed by atoms with Crippen molar-refractivity contribution in [3.8, 4) is 0 Å². The molecule has 0 fully saturated rings. The molecule has 1 heterocycles. The van der Waals surface area contributed by atoms with Gasteiger partial charge in [0.05, 0.1) is 17.8 Å². The highest BCUT2D eigenvalue weighted by molar-refractivity contribution is 8.00. The number of aromatic nitrogens is 2. The highest BCUT2D eigenvalue weighted by Gasteiger charge is 2.27. The summed E-state index contributed by atoms with van der Waals surface area (Å²) in [7, 11) is 0. The zero-order chi connectivity index (χ0) is 14.6. The second-order valence-electron chi connectivity index (χ2n) is 4.26. The lowest BCUT2D eigenvalue weighted by molar-refractivity contribution is -0.0328. The van der Waals surface area contributed by atoms with E-state index >= 15 is 0 Å². The first-order valence-corrected chi connectivity index (χ1v) is 7.35. The van der Waals surface area contributed by atoms with Crippen molar-refractivity contribution in [2.24, 2.45) is 0 Å². The molecule has 0 bridgehead atoms. The van der Waals surface area contributed by atoms with E-state index in [1.165, 1.54) is 0 Å². The molecule has 1 N–H and O–H groups in total. The van der Waals surface area contributed by atoms with Gasteiger partial charge in [0, 0.05) is 17.7 Å². The minimum atomic E-state index is -4.18. The van der Waals surface area contributed by atoms with Gasteiger partial charge in [-0.15, -0.1) is 0 Å². The van der Waals surface area contributed by atoms with Gasteiger partial charge in [-0.05, 0) is 24.4 Å². The van der Waals surface area contributed by atoms with Crippen LogP contribution in [-0.4, -0.2) is 27.6 Å². The molecule has 0 saturated carbocycles. The van der Waals surface area contributed by atoms with Crippen LogP contribution in [0.1, 0.15) is 12.6 Å². The van der Waals surface area contributed by atoms with E-state index in [4.69, 9.17) is 0 Å². The standard InChI is InChI=1S/C13H16F3N3S/c1-2-17-9-11-10-5-3-4-6-12(10)19(18-11)7-8-20-13(14,15)16/h3-6,17H,2,7-9H2,1H3. The number of nitrogens with one attached hydrogen (secondary N) is 1. The van der Waals surface area contributed by atoms with Gasteiger partial charge >= 0.3 is 5.51 Å². The average Bonchev–Trinajstić information content (AvgIpc) is 2.74. The van der Waals surface area contributed by atoms with Crippen molar-refractivity contribution >= 4 is 22.7 Å². The van der Waals surface area contributed by atoms with Gasteiger partial charge in [-0.2, -0.15) is 18.3 Å². The summed E-state index contributed by atoms with van der Waals surface area (Å²) in [6, 6.07) is 7.61. The fourth-order valence-corrected chi connectivity index (χ4v) is 2.48. The predicted molar refractivity (Wildman–Crippen MR) is 75.6 cm³/mol. The lowest BCUT2D eigenvalue weighted by Gasteiger charge is -2.06. The summed E-state index contributed by atoms with van der Waals surface area (Å²) >= 11 is -0.0124. The number of hydrogen-bond acceptors (Lipinski definition) is 3. The van der Waals surface area contributed by atoms with Crippen LogP contribution in [0.25, 0.3) is 10.9 Å². The Hall–Kier alpha value is -1.21. The van der Waals surface area contributed by atoms with Gasteiger partial charge in [0.2, 0.25) is 0 Å². The molecule has 0 unspecified atom stereocenters. The van der Waals surface area contributed by atoms with Gasteiger partial charge in [-0.1, -0.05) is 25.1 Å². The first-order valence-electron chi connectivity index (χ1n) is 6.37. The predicted octanol–water partition coefficient (Wildman–Crippen LogP) is 3.40. The number of nitrogens with zero attached hydrogens (tertiary/aromatic N) is 2. The van der Waals surface area contributed by atoms with Crippen molar-refractivity contribution < 1.29 is 13.2 Å². The van der Waals surface area contributed by atoms with Crippen LogP contribution < -0.4 is 5.32 Å². The Morgan fingerprint density at radius 3 is 2.75 bits per heavy atom. The number of aryl methyl sites for hydroxylation is 1. The van der Waals surface area contributed by atoms with Crippen LogP contribution in [0.2, 0.25) is 0 Å². The summed E-state index contributed by atoms with van der Waals surface area (Å²) < 4.78 is 38.2. The second kappa shape index (κ2) is 6.49. The minimum absolute atomic E-state index is 0.0124. The Kier molecular flexibility index (Phi) is 4.93. The Balaban J connectivity index is 2.16. The highest BCUT2D eigenvalue weighted by atomic mass is 32.2. The molecular formula is C13H16F3N3S. The van der Waals surface area contributed by atoms with Crippen LogP contribution in [0.3, 0.4) is 0 Å². The second-order valence-corrected chi connectivity index (χ2v) is 5.42. The van der Waals surface area contributed by atoms with E-state index in [0.717, 1.165) is 23.1 Å².